The third-order valence-corrected chi connectivity index (χ3v) is 4.36. The molecule has 126 valence electrons. The first-order valence-electron chi connectivity index (χ1n) is 8.26. The second kappa shape index (κ2) is 6.65. The molecule has 24 heavy (non-hydrogen) atoms. The van der Waals surface area contributed by atoms with Crippen molar-refractivity contribution in [2.24, 2.45) is 0 Å². The van der Waals surface area contributed by atoms with Crippen LogP contribution in [0.1, 0.15) is 28.1 Å². The number of hydrogen-bond donors (Lipinski definition) is 1. The summed E-state index contributed by atoms with van der Waals surface area (Å²) in [7, 11) is 0. The molecule has 3 aromatic rings. The van der Waals surface area contributed by atoms with Crippen molar-refractivity contribution in [2.75, 3.05) is 6.61 Å². The van der Waals surface area contributed by atoms with E-state index in [1.54, 1.807) is 0 Å². The molecular weight excluding hydrogens is 300 g/mol. The number of aromatic nitrogens is 2. The predicted octanol–water partition coefficient (Wildman–Crippen LogP) is 3.84. The number of nitrogens with zero attached hydrogens (tertiary/aromatic N) is 2. The van der Waals surface area contributed by atoms with Crippen LogP contribution in [0, 0.1) is 27.7 Å². The maximum absolute atomic E-state index is 9.62. The Morgan fingerprint density at radius 2 is 1.62 bits per heavy atom. The minimum atomic E-state index is -0.0731. The summed E-state index contributed by atoms with van der Waals surface area (Å²) in [6, 6.07) is 10.4. The largest absolute Gasteiger partial charge is 0.492 e. The normalized spacial score (nSPS) is 11.2. The fraction of sp³-hybridized carbons (Fsp3) is 0.350. The van der Waals surface area contributed by atoms with Crippen LogP contribution in [0.5, 0.6) is 5.75 Å². The Bertz CT molecular complexity index is 861. The average molecular weight is 324 g/mol. The van der Waals surface area contributed by atoms with Crippen molar-refractivity contribution in [3.63, 3.8) is 0 Å². The van der Waals surface area contributed by atoms with Gasteiger partial charge in [-0.15, -0.1) is 0 Å². The van der Waals surface area contributed by atoms with Gasteiger partial charge in [0, 0.05) is 0 Å². The molecule has 3 rings (SSSR count). The van der Waals surface area contributed by atoms with Gasteiger partial charge in [0.2, 0.25) is 0 Å². The summed E-state index contributed by atoms with van der Waals surface area (Å²) >= 11 is 0. The van der Waals surface area contributed by atoms with Gasteiger partial charge in [0.25, 0.3) is 0 Å². The summed E-state index contributed by atoms with van der Waals surface area (Å²) in [4.78, 5) is 4.54. The van der Waals surface area contributed by atoms with Crippen molar-refractivity contribution in [1.82, 2.24) is 9.55 Å². The molecule has 0 saturated carbocycles. The topological polar surface area (TPSA) is 47.3 Å². The van der Waals surface area contributed by atoms with E-state index < -0.39 is 0 Å². The van der Waals surface area contributed by atoms with Gasteiger partial charge in [-0.2, -0.15) is 0 Å². The van der Waals surface area contributed by atoms with E-state index in [1.807, 2.05) is 16.7 Å². The number of rotatable bonds is 5. The van der Waals surface area contributed by atoms with Crippen molar-refractivity contribution < 1.29 is 9.84 Å². The highest BCUT2D eigenvalue weighted by Crippen LogP contribution is 2.21. The van der Waals surface area contributed by atoms with Crippen molar-refractivity contribution in [2.45, 2.75) is 40.8 Å². The van der Waals surface area contributed by atoms with Crippen LogP contribution < -0.4 is 4.74 Å². The first kappa shape index (κ1) is 16.5. The van der Waals surface area contributed by atoms with Crippen LogP contribution in [0.3, 0.4) is 0 Å². The highest BCUT2D eigenvalue weighted by atomic mass is 16.5. The van der Waals surface area contributed by atoms with Gasteiger partial charge in [0.15, 0.2) is 0 Å². The number of ether oxygens (including phenoxy) is 1. The molecule has 0 radical (unpaired) electrons. The average Bonchev–Trinajstić information content (AvgIpc) is 2.84. The third kappa shape index (κ3) is 3.29. The number of hydrogen-bond acceptors (Lipinski definition) is 3. The van der Waals surface area contributed by atoms with E-state index in [-0.39, 0.29) is 6.61 Å². The van der Waals surface area contributed by atoms with E-state index in [9.17, 15) is 5.11 Å². The van der Waals surface area contributed by atoms with Gasteiger partial charge in [-0.05, 0) is 74.2 Å². The molecule has 4 heteroatoms. The predicted molar refractivity (Wildman–Crippen MR) is 96.5 cm³/mol. The maximum Gasteiger partial charge on any atom is 0.135 e. The lowest BCUT2D eigenvalue weighted by Gasteiger charge is -2.11. The molecule has 0 bridgehead atoms. The minimum Gasteiger partial charge on any atom is -0.492 e. The van der Waals surface area contributed by atoms with Crippen LogP contribution in [0.4, 0.5) is 0 Å². The molecule has 0 spiro atoms. The molecule has 1 N–H and O–H groups in total. The molecule has 0 amide bonds. The number of imidazole rings is 1. The van der Waals surface area contributed by atoms with Gasteiger partial charge in [0.05, 0.1) is 17.6 Å². The summed E-state index contributed by atoms with van der Waals surface area (Å²) in [5.41, 5.74) is 6.80. The molecule has 0 saturated heterocycles. The summed E-state index contributed by atoms with van der Waals surface area (Å²) in [5, 5.41) is 9.62. The van der Waals surface area contributed by atoms with E-state index in [2.05, 4.69) is 50.9 Å². The van der Waals surface area contributed by atoms with Crippen molar-refractivity contribution in [1.29, 1.82) is 0 Å². The summed E-state index contributed by atoms with van der Waals surface area (Å²) in [6.07, 6.45) is 0. The Morgan fingerprint density at radius 3 is 2.29 bits per heavy atom. The molecule has 0 aliphatic carbocycles. The Balaban J connectivity index is 1.82. The fourth-order valence-electron chi connectivity index (χ4n) is 3.07. The maximum atomic E-state index is 9.62. The summed E-state index contributed by atoms with van der Waals surface area (Å²) in [5.74, 6) is 1.56. The molecule has 2 aromatic carbocycles. The fourth-order valence-corrected chi connectivity index (χ4v) is 3.07. The van der Waals surface area contributed by atoms with Crippen molar-refractivity contribution in [3.8, 4) is 5.75 Å². The molecular formula is C20H24N2O2. The third-order valence-electron chi connectivity index (χ3n) is 4.36. The molecule has 4 nitrogen and oxygen atoms in total. The lowest BCUT2D eigenvalue weighted by Crippen LogP contribution is -2.11. The van der Waals surface area contributed by atoms with E-state index in [0.717, 1.165) is 16.8 Å². The zero-order valence-electron chi connectivity index (χ0n) is 14.8. The quantitative estimate of drug-likeness (QED) is 0.775. The van der Waals surface area contributed by atoms with Gasteiger partial charge in [-0.25, -0.2) is 4.98 Å². The van der Waals surface area contributed by atoms with E-state index in [4.69, 9.17) is 4.74 Å². The Labute approximate surface area is 142 Å². The highest BCUT2D eigenvalue weighted by molar-refractivity contribution is 5.78. The molecule has 1 aromatic heterocycles. The molecule has 0 aliphatic rings. The number of fused-ring (bicyclic) bond motifs is 1. The SMILES string of the molecule is Cc1cc(C)cc(OCCn2c(CO)nc3cc(C)c(C)cc32)c1. The lowest BCUT2D eigenvalue weighted by molar-refractivity contribution is 0.255. The van der Waals surface area contributed by atoms with Gasteiger partial charge >= 0.3 is 0 Å². The second-order valence-corrected chi connectivity index (χ2v) is 6.43. The zero-order valence-corrected chi connectivity index (χ0v) is 14.8. The lowest BCUT2D eigenvalue weighted by atomic mass is 10.1. The first-order valence-corrected chi connectivity index (χ1v) is 8.26. The van der Waals surface area contributed by atoms with Crippen LogP contribution in [0.15, 0.2) is 30.3 Å². The zero-order chi connectivity index (χ0) is 17.3. The number of benzene rings is 2. The molecule has 0 atom stereocenters. The number of aryl methyl sites for hydroxylation is 4. The number of aliphatic hydroxyl groups excluding tert-OH is 1. The van der Waals surface area contributed by atoms with E-state index in [0.29, 0.717) is 19.0 Å². The first-order chi connectivity index (χ1) is 11.5. The standard InChI is InChI=1S/C20H24N2O2/c1-13-7-14(2)9-17(8-13)24-6-5-22-19-11-16(4)15(3)10-18(19)21-20(22)12-23/h7-11,23H,5-6,12H2,1-4H3. The molecule has 1 heterocycles. The van der Waals surface area contributed by atoms with Gasteiger partial charge < -0.3 is 14.4 Å². The Kier molecular flexibility index (Phi) is 4.58. The van der Waals surface area contributed by atoms with Crippen LogP contribution in [0.2, 0.25) is 0 Å². The Hall–Kier alpha value is -2.33. The van der Waals surface area contributed by atoms with Crippen LogP contribution in [0.25, 0.3) is 11.0 Å². The van der Waals surface area contributed by atoms with Crippen molar-refractivity contribution in [3.05, 3.63) is 58.4 Å². The van der Waals surface area contributed by atoms with E-state index >= 15 is 0 Å². The second-order valence-electron chi connectivity index (χ2n) is 6.43. The summed E-state index contributed by atoms with van der Waals surface area (Å²) in [6.45, 7) is 9.43. The van der Waals surface area contributed by atoms with E-state index in [1.165, 1.54) is 22.3 Å². The number of aliphatic hydroxyl groups is 1. The monoisotopic (exact) mass is 324 g/mol. The minimum absolute atomic E-state index is 0.0731. The smallest absolute Gasteiger partial charge is 0.135 e. The molecule has 0 unspecified atom stereocenters. The molecule has 0 aliphatic heterocycles. The molecule has 0 fully saturated rings. The van der Waals surface area contributed by atoms with Crippen LogP contribution >= 0.6 is 0 Å². The van der Waals surface area contributed by atoms with Crippen LogP contribution in [-0.2, 0) is 13.2 Å². The van der Waals surface area contributed by atoms with Gasteiger partial charge in [-0.3, -0.25) is 0 Å². The van der Waals surface area contributed by atoms with Crippen LogP contribution in [-0.4, -0.2) is 21.3 Å². The van der Waals surface area contributed by atoms with Gasteiger partial charge in [0.1, 0.15) is 24.8 Å². The van der Waals surface area contributed by atoms with Crippen molar-refractivity contribution >= 4 is 11.0 Å². The Morgan fingerprint density at radius 1 is 0.958 bits per heavy atom. The summed E-state index contributed by atoms with van der Waals surface area (Å²) < 4.78 is 7.96. The highest BCUT2D eigenvalue weighted by Gasteiger charge is 2.11. The van der Waals surface area contributed by atoms with Gasteiger partial charge in [-0.1, -0.05) is 6.07 Å².